The van der Waals surface area contributed by atoms with Crippen LogP contribution in [0.3, 0.4) is 0 Å². The molecule has 3 N–H and O–H groups in total. The second-order valence-electron chi connectivity index (χ2n) is 11.9. The number of morpholine rings is 1. The molecule has 0 unspecified atom stereocenters. The van der Waals surface area contributed by atoms with E-state index in [2.05, 4.69) is 25.5 Å². The van der Waals surface area contributed by atoms with Crippen LogP contribution in [0.5, 0.6) is 0 Å². The molecular weight excluding hydrogens is 685 g/mol. The van der Waals surface area contributed by atoms with Crippen molar-refractivity contribution in [3.05, 3.63) is 150 Å². The van der Waals surface area contributed by atoms with Crippen LogP contribution in [0, 0.1) is 5.82 Å². The Balaban J connectivity index is 0.000000164. The van der Waals surface area contributed by atoms with E-state index in [-0.39, 0.29) is 23.9 Å². The predicted octanol–water partition coefficient (Wildman–Crippen LogP) is 6.96. The molecule has 3 aromatic carbocycles. The van der Waals surface area contributed by atoms with E-state index in [9.17, 15) is 19.1 Å². The summed E-state index contributed by atoms with van der Waals surface area (Å²) >= 11 is 5.85. The van der Waals surface area contributed by atoms with Crippen molar-refractivity contribution in [1.82, 2.24) is 18.8 Å². The van der Waals surface area contributed by atoms with Gasteiger partial charge in [-0.25, -0.2) is 14.4 Å². The summed E-state index contributed by atoms with van der Waals surface area (Å²) in [5.41, 5.74) is 6.42. The third-order valence-corrected chi connectivity index (χ3v) is 8.61. The Kier molecular flexibility index (Phi) is 10.2. The molecule has 52 heavy (non-hydrogen) atoms. The average molecular weight is 718 g/mol. The number of pyridine rings is 2. The van der Waals surface area contributed by atoms with Crippen molar-refractivity contribution in [3.63, 3.8) is 0 Å². The highest BCUT2D eigenvalue weighted by Crippen LogP contribution is 2.24. The number of ether oxygens (including phenoxy) is 1. The maximum Gasteiger partial charge on any atom is 0.275 e. The Labute approximate surface area is 302 Å². The number of aliphatic hydroxyl groups is 1. The second kappa shape index (κ2) is 15.4. The Hall–Kier alpha value is -6.08. The van der Waals surface area contributed by atoms with E-state index in [4.69, 9.17) is 16.3 Å². The van der Waals surface area contributed by atoms with Crippen molar-refractivity contribution in [2.75, 3.05) is 41.8 Å². The minimum Gasteiger partial charge on any atom is -0.392 e. The smallest absolute Gasteiger partial charge is 0.275 e. The number of rotatable bonds is 7. The van der Waals surface area contributed by atoms with Crippen LogP contribution in [0.15, 0.2) is 122 Å². The van der Waals surface area contributed by atoms with E-state index in [1.807, 2.05) is 89.6 Å². The van der Waals surface area contributed by atoms with Crippen molar-refractivity contribution < 1.29 is 23.8 Å². The van der Waals surface area contributed by atoms with E-state index in [0.29, 0.717) is 16.4 Å². The van der Waals surface area contributed by atoms with Gasteiger partial charge in [0.2, 0.25) is 0 Å². The van der Waals surface area contributed by atoms with Crippen molar-refractivity contribution in [2.24, 2.45) is 0 Å². The number of nitrogens with zero attached hydrogens (tertiary/aromatic N) is 5. The third kappa shape index (κ3) is 7.94. The highest BCUT2D eigenvalue weighted by Gasteiger charge is 2.16. The monoisotopic (exact) mass is 717 g/mol. The zero-order chi connectivity index (χ0) is 36.0. The number of imidazole rings is 2. The van der Waals surface area contributed by atoms with Gasteiger partial charge in [-0.1, -0.05) is 48.0 Å². The average Bonchev–Trinajstić information content (AvgIpc) is 3.82. The number of anilines is 3. The summed E-state index contributed by atoms with van der Waals surface area (Å²) in [4.78, 5) is 35.8. The van der Waals surface area contributed by atoms with E-state index in [1.165, 1.54) is 18.2 Å². The largest absolute Gasteiger partial charge is 0.392 e. The van der Waals surface area contributed by atoms with Gasteiger partial charge in [0, 0.05) is 48.6 Å². The lowest BCUT2D eigenvalue weighted by atomic mass is 10.1. The normalized spacial score (nSPS) is 12.7. The van der Waals surface area contributed by atoms with Gasteiger partial charge in [0.05, 0.1) is 31.2 Å². The molecule has 0 spiro atoms. The highest BCUT2D eigenvalue weighted by atomic mass is 35.5. The lowest BCUT2D eigenvalue weighted by molar-refractivity contribution is 0.101. The van der Waals surface area contributed by atoms with Crippen LogP contribution >= 0.6 is 11.6 Å². The fourth-order valence-corrected chi connectivity index (χ4v) is 5.89. The van der Waals surface area contributed by atoms with E-state index in [1.54, 1.807) is 22.9 Å². The molecule has 13 heteroatoms. The van der Waals surface area contributed by atoms with Crippen LogP contribution in [0.4, 0.5) is 21.5 Å². The maximum atomic E-state index is 13.8. The van der Waals surface area contributed by atoms with E-state index < -0.39 is 11.7 Å². The molecule has 8 rings (SSSR count). The van der Waals surface area contributed by atoms with Gasteiger partial charge >= 0.3 is 0 Å². The van der Waals surface area contributed by atoms with Gasteiger partial charge in [-0.15, -0.1) is 0 Å². The number of benzene rings is 3. The van der Waals surface area contributed by atoms with Crippen LogP contribution in [0.2, 0.25) is 5.02 Å². The van der Waals surface area contributed by atoms with Crippen LogP contribution < -0.4 is 15.5 Å². The number of nitrogens with one attached hydrogen (secondary N) is 2. The molecule has 2 amide bonds. The van der Waals surface area contributed by atoms with Crippen LogP contribution in [-0.4, -0.2) is 62.0 Å². The summed E-state index contributed by atoms with van der Waals surface area (Å²) < 4.78 is 22.8. The molecule has 1 fully saturated rings. The topological polar surface area (TPSA) is 126 Å². The van der Waals surface area contributed by atoms with Gasteiger partial charge < -0.3 is 34.2 Å². The molecule has 0 aliphatic carbocycles. The predicted molar refractivity (Wildman–Crippen MR) is 199 cm³/mol. The molecule has 0 radical (unpaired) electrons. The first-order chi connectivity index (χ1) is 25.3. The van der Waals surface area contributed by atoms with Gasteiger partial charge in [0.1, 0.15) is 28.5 Å². The fourth-order valence-electron chi connectivity index (χ4n) is 5.72. The molecule has 262 valence electrons. The van der Waals surface area contributed by atoms with Crippen molar-refractivity contribution >= 4 is 51.8 Å². The van der Waals surface area contributed by atoms with Gasteiger partial charge in [0.25, 0.3) is 11.8 Å². The maximum absolute atomic E-state index is 13.8. The minimum absolute atomic E-state index is 0.00364. The Bertz CT molecular complexity index is 2370. The Morgan fingerprint density at radius 1 is 0.750 bits per heavy atom. The van der Waals surface area contributed by atoms with E-state index in [0.717, 1.165) is 60.0 Å². The van der Waals surface area contributed by atoms with Gasteiger partial charge in [-0.05, 0) is 77.4 Å². The molecular formula is C39H33ClFN7O4. The van der Waals surface area contributed by atoms with Crippen LogP contribution in [0.1, 0.15) is 26.5 Å². The van der Waals surface area contributed by atoms with Crippen molar-refractivity contribution in [3.8, 4) is 11.1 Å². The molecule has 0 bridgehead atoms. The zero-order valence-corrected chi connectivity index (χ0v) is 28.5. The molecule has 4 aromatic heterocycles. The standard InChI is InChI=1S/C21H15ClFN3O2.C18H18N4O2/c22-16-5-6-17(23)18(9-16)25-21(28)19-11-26-10-15(4-7-20(26)24-19)14-3-1-2-13(8-14)12-27;23-18(19-14-4-2-1-3-5-14)16-13-22-12-15(6-7-17(22)20-16)21-8-10-24-11-9-21/h1-11,27H,12H2,(H,25,28);1-7,12-13H,8-11H2,(H,19,23). The number of carbonyl (C=O) groups is 2. The number of carbonyl (C=O) groups excluding carboxylic acids is 2. The molecule has 1 aliphatic heterocycles. The number of hydrogen-bond donors (Lipinski definition) is 3. The summed E-state index contributed by atoms with van der Waals surface area (Å²) in [5, 5.41) is 15.0. The Morgan fingerprint density at radius 3 is 2.17 bits per heavy atom. The number of aromatic nitrogens is 4. The quantitative estimate of drug-likeness (QED) is 0.163. The number of aliphatic hydroxyl groups excluding tert-OH is 1. The van der Waals surface area contributed by atoms with Gasteiger partial charge in [0.15, 0.2) is 0 Å². The molecule has 7 aromatic rings. The number of para-hydroxylation sites is 1. The summed E-state index contributed by atoms with van der Waals surface area (Å²) in [6.45, 7) is 3.20. The molecule has 5 heterocycles. The van der Waals surface area contributed by atoms with Gasteiger partial charge in [-0.3, -0.25) is 9.59 Å². The summed E-state index contributed by atoms with van der Waals surface area (Å²) in [6.07, 6.45) is 7.19. The van der Waals surface area contributed by atoms with Crippen LogP contribution in [0.25, 0.3) is 22.4 Å². The summed E-state index contributed by atoms with van der Waals surface area (Å²) in [5.74, 6) is -1.32. The first-order valence-corrected chi connectivity index (χ1v) is 16.8. The second-order valence-corrected chi connectivity index (χ2v) is 12.4. The van der Waals surface area contributed by atoms with E-state index >= 15 is 0 Å². The summed E-state index contributed by atoms with van der Waals surface area (Å²) in [7, 11) is 0. The van der Waals surface area contributed by atoms with Crippen LogP contribution in [-0.2, 0) is 11.3 Å². The zero-order valence-electron chi connectivity index (χ0n) is 27.7. The molecule has 0 saturated carbocycles. The summed E-state index contributed by atoms with van der Waals surface area (Å²) in [6, 6.07) is 28.5. The molecule has 1 saturated heterocycles. The number of hydrogen-bond acceptors (Lipinski definition) is 7. The van der Waals surface area contributed by atoms with Crippen molar-refractivity contribution in [1.29, 1.82) is 0 Å². The SMILES string of the molecule is O=C(Nc1cc(Cl)ccc1F)c1cn2cc(-c3cccc(CO)c3)ccc2n1.O=C(Nc1ccccc1)c1cn2cc(N3CCOCC3)ccc2n1. The lowest BCUT2D eigenvalue weighted by Gasteiger charge is -2.28. The highest BCUT2D eigenvalue weighted by molar-refractivity contribution is 6.31. The lowest BCUT2D eigenvalue weighted by Crippen LogP contribution is -2.36. The molecule has 1 aliphatic rings. The minimum atomic E-state index is -0.576. The molecule has 0 atom stereocenters. The van der Waals surface area contributed by atoms with Crippen molar-refractivity contribution in [2.45, 2.75) is 6.61 Å². The fraction of sp³-hybridized carbons (Fsp3) is 0.128. The number of halogens is 2. The first kappa shape index (κ1) is 34.4. The number of amides is 2. The van der Waals surface area contributed by atoms with Gasteiger partial charge in [-0.2, -0.15) is 0 Å². The third-order valence-electron chi connectivity index (χ3n) is 8.38. The number of fused-ring (bicyclic) bond motifs is 2. The Morgan fingerprint density at radius 2 is 1.44 bits per heavy atom. The first-order valence-electron chi connectivity index (χ1n) is 16.5. The molecule has 11 nitrogen and oxygen atoms in total.